The van der Waals surface area contributed by atoms with E-state index in [1.807, 2.05) is 6.07 Å². The van der Waals surface area contributed by atoms with Gasteiger partial charge < -0.3 is 9.84 Å². The zero-order chi connectivity index (χ0) is 15.0. The van der Waals surface area contributed by atoms with Gasteiger partial charge >= 0.3 is 0 Å². The molecule has 21 heavy (non-hydrogen) atoms. The van der Waals surface area contributed by atoms with E-state index < -0.39 is 11.9 Å². The van der Waals surface area contributed by atoms with Crippen molar-refractivity contribution in [3.8, 4) is 5.75 Å². The van der Waals surface area contributed by atoms with Crippen LogP contribution < -0.4 is 4.74 Å². The number of aliphatic hydroxyl groups excluding tert-OH is 1. The molecular formula is C16H13Cl2FO2. The quantitative estimate of drug-likeness (QED) is 0.908. The van der Waals surface area contributed by atoms with Crippen LogP contribution in [0.3, 0.4) is 0 Å². The molecule has 0 fully saturated rings. The van der Waals surface area contributed by atoms with E-state index in [-0.39, 0.29) is 5.02 Å². The lowest BCUT2D eigenvalue weighted by Gasteiger charge is -2.15. The van der Waals surface area contributed by atoms with Crippen molar-refractivity contribution in [3.05, 3.63) is 62.9 Å². The molecule has 0 aromatic heterocycles. The summed E-state index contributed by atoms with van der Waals surface area (Å²) in [5.74, 6) is 0.361. The van der Waals surface area contributed by atoms with Crippen LogP contribution in [0.1, 0.15) is 22.8 Å². The van der Waals surface area contributed by atoms with Gasteiger partial charge in [-0.3, -0.25) is 0 Å². The van der Waals surface area contributed by atoms with Crippen molar-refractivity contribution in [1.29, 1.82) is 0 Å². The third kappa shape index (κ3) is 3.00. The second kappa shape index (κ2) is 5.84. The van der Waals surface area contributed by atoms with E-state index >= 15 is 0 Å². The second-order valence-corrected chi connectivity index (χ2v) is 5.88. The number of halogens is 3. The molecule has 5 heteroatoms. The second-order valence-electron chi connectivity index (χ2n) is 5.04. The first-order chi connectivity index (χ1) is 10.0. The summed E-state index contributed by atoms with van der Waals surface area (Å²) in [7, 11) is 0. The number of hydrogen-bond acceptors (Lipinski definition) is 2. The lowest BCUT2D eigenvalue weighted by molar-refractivity contribution is 0.177. The fourth-order valence-corrected chi connectivity index (χ4v) is 3.14. The number of benzene rings is 2. The fourth-order valence-electron chi connectivity index (χ4n) is 2.59. The van der Waals surface area contributed by atoms with Crippen molar-refractivity contribution < 1.29 is 14.2 Å². The first kappa shape index (κ1) is 14.6. The van der Waals surface area contributed by atoms with Crippen LogP contribution in [0.15, 0.2) is 30.3 Å². The summed E-state index contributed by atoms with van der Waals surface area (Å²) in [6.07, 6.45) is 0.287. The van der Waals surface area contributed by atoms with E-state index in [2.05, 4.69) is 0 Å². The molecule has 0 spiro atoms. The van der Waals surface area contributed by atoms with Crippen LogP contribution in [0.4, 0.5) is 4.39 Å². The van der Waals surface area contributed by atoms with Gasteiger partial charge in [-0.25, -0.2) is 4.39 Å². The molecule has 110 valence electrons. The monoisotopic (exact) mass is 326 g/mol. The molecule has 0 saturated carbocycles. The van der Waals surface area contributed by atoms with Crippen molar-refractivity contribution in [2.24, 2.45) is 0 Å². The highest BCUT2D eigenvalue weighted by molar-refractivity contribution is 6.31. The first-order valence-corrected chi connectivity index (χ1v) is 7.37. The highest BCUT2D eigenvalue weighted by Gasteiger charge is 2.21. The molecule has 1 heterocycles. The molecule has 1 aliphatic rings. The Morgan fingerprint density at radius 3 is 2.81 bits per heavy atom. The van der Waals surface area contributed by atoms with Gasteiger partial charge in [0.2, 0.25) is 0 Å². The molecule has 1 N–H and O–H groups in total. The summed E-state index contributed by atoms with van der Waals surface area (Å²) in [5, 5.41) is 11.2. The lowest BCUT2D eigenvalue weighted by Crippen LogP contribution is -2.04. The van der Waals surface area contributed by atoms with Crippen LogP contribution in [0.25, 0.3) is 0 Å². The Labute approximate surface area is 132 Å². The molecule has 0 radical (unpaired) electrons. The third-order valence-electron chi connectivity index (χ3n) is 3.56. The molecule has 1 aliphatic heterocycles. The predicted octanol–water partition coefficient (Wildman–Crippen LogP) is 4.34. The van der Waals surface area contributed by atoms with Gasteiger partial charge in [-0.15, -0.1) is 0 Å². The number of aliphatic hydroxyl groups is 1. The van der Waals surface area contributed by atoms with Gasteiger partial charge in [0.15, 0.2) is 0 Å². The normalized spacial score (nSPS) is 14.7. The van der Waals surface area contributed by atoms with Gasteiger partial charge in [-0.05, 0) is 41.0 Å². The van der Waals surface area contributed by atoms with Gasteiger partial charge in [-0.2, -0.15) is 0 Å². The van der Waals surface area contributed by atoms with Crippen molar-refractivity contribution in [3.63, 3.8) is 0 Å². The molecule has 2 aromatic rings. The Kier molecular flexibility index (Phi) is 4.07. The van der Waals surface area contributed by atoms with E-state index in [4.69, 9.17) is 27.9 Å². The minimum absolute atomic E-state index is 0.210. The molecule has 0 bridgehead atoms. The van der Waals surface area contributed by atoms with Crippen molar-refractivity contribution in [2.45, 2.75) is 18.9 Å². The SMILES string of the molecule is OC(Cc1cc(Cl)cc2c1OCC2)c1ccc(F)cc1Cl. The average Bonchev–Trinajstić information content (AvgIpc) is 2.86. The molecule has 2 aromatic carbocycles. The van der Waals surface area contributed by atoms with Crippen molar-refractivity contribution >= 4 is 23.2 Å². The number of fused-ring (bicyclic) bond motifs is 1. The van der Waals surface area contributed by atoms with Gasteiger partial charge in [0, 0.05) is 22.9 Å². The highest BCUT2D eigenvalue weighted by Crippen LogP contribution is 2.36. The lowest BCUT2D eigenvalue weighted by atomic mass is 9.98. The largest absolute Gasteiger partial charge is 0.493 e. The van der Waals surface area contributed by atoms with E-state index in [1.54, 1.807) is 6.07 Å². The molecular weight excluding hydrogens is 314 g/mol. The number of ether oxygens (including phenoxy) is 1. The Balaban J connectivity index is 1.90. The van der Waals surface area contributed by atoms with E-state index in [9.17, 15) is 9.50 Å². The standard InChI is InChI=1S/C16H13Cl2FO2/c17-11-5-9-3-4-21-16(9)10(6-11)7-15(20)13-2-1-12(19)8-14(13)18/h1-2,5-6,8,15,20H,3-4,7H2. The maximum Gasteiger partial charge on any atom is 0.126 e. The summed E-state index contributed by atoms with van der Waals surface area (Å²) in [6.45, 7) is 0.621. The number of rotatable bonds is 3. The first-order valence-electron chi connectivity index (χ1n) is 6.61. The topological polar surface area (TPSA) is 29.5 Å². The zero-order valence-corrected chi connectivity index (χ0v) is 12.6. The summed E-state index contributed by atoms with van der Waals surface area (Å²) < 4.78 is 18.7. The van der Waals surface area contributed by atoms with E-state index in [0.717, 1.165) is 23.3 Å². The maximum atomic E-state index is 13.1. The average molecular weight is 327 g/mol. The van der Waals surface area contributed by atoms with Gasteiger partial charge in [0.1, 0.15) is 11.6 Å². The minimum atomic E-state index is -0.843. The smallest absolute Gasteiger partial charge is 0.126 e. The summed E-state index contributed by atoms with van der Waals surface area (Å²) in [4.78, 5) is 0. The van der Waals surface area contributed by atoms with Gasteiger partial charge in [0.25, 0.3) is 0 Å². The van der Waals surface area contributed by atoms with Gasteiger partial charge in [0.05, 0.1) is 12.7 Å². The molecule has 0 saturated heterocycles. The van der Waals surface area contributed by atoms with Crippen LogP contribution in [0, 0.1) is 5.82 Å². The van der Waals surface area contributed by atoms with Gasteiger partial charge in [-0.1, -0.05) is 29.3 Å². The van der Waals surface area contributed by atoms with E-state index in [0.29, 0.717) is 23.6 Å². The minimum Gasteiger partial charge on any atom is -0.493 e. The third-order valence-corrected chi connectivity index (χ3v) is 4.11. The van der Waals surface area contributed by atoms with Crippen LogP contribution >= 0.6 is 23.2 Å². The molecule has 1 unspecified atom stereocenters. The summed E-state index contributed by atoms with van der Waals surface area (Å²) in [6, 6.07) is 7.63. The van der Waals surface area contributed by atoms with Crippen LogP contribution in [0.5, 0.6) is 5.75 Å². The molecule has 3 rings (SSSR count). The Hall–Kier alpha value is -1.29. The number of hydrogen-bond donors (Lipinski definition) is 1. The molecule has 2 nitrogen and oxygen atoms in total. The van der Waals surface area contributed by atoms with E-state index in [1.165, 1.54) is 18.2 Å². The van der Waals surface area contributed by atoms with Crippen LogP contribution in [-0.4, -0.2) is 11.7 Å². The Bertz CT molecular complexity index is 688. The van der Waals surface area contributed by atoms with Crippen LogP contribution in [0.2, 0.25) is 10.0 Å². The zero-order valence-electron chi connectivity index (χ0n) is 11.1. The molecule has 0 aliphatic carbocycles. The fraction of sp³-hybridized carbons (Fsp3) is 0.250. The van der Waals surface area contributed by atoms with Crippen molar-refractivity contribution in [1.82, 2.24) is 0 Å². The Morgan fingerprint density at radius 2 is 2.05 bits per heavy atom. The van der Waals surface area contributed by atoms with Crippen LogP contribution in [-0.2, 0) is 12.8 Å². The van der Waals surface area contributed by atoms with Crippen molar-refractivity contribution in [2.75, 3.05) is 6.61 Å². The molecule has 1 atom stereocenters. The summed E-state index contributed by atoms with van der Waals surface area (Å²) in [5.41, 5.74) is 2.38. The molecule has 0 amide bonds. The maximum absolute atomic E-state index is 13.1. The summed E-state index contributed by atoms with van der Waals surface area (Å²) >= 11 is 12.1. The Morgan fingerprint density at radius 1 is 1.24 bits per heavy atom. The highest BCUT2D eigenvalue weighted by atomic mass is 35.5. The predicted molar refractivity (Wildman–Crippen MR) is 80.7 cm³/mol.